The summed E-state index contributed by atoms with van der Waals surface area (Å²) < 4.78 is 1.80. The second kappa shape index (κ2) is 2.88. The molecule has 0 aliphatic carbocycles. The van der Waals surface area contributed by atoms with Gasteiger partial charge in [-0.05, 0) is 18.1 Å². The van der Waals surface area contributed by atoms with Crippen molar-refractivity contribution in [1.82, 2.24) is 4.57 Å². The molecule has 0 spiro atoms. The van der Waals surface area contributed by atoms with Gasteiger partial charge in [0.2, 0.25) is 0 Å². The summed E-state index contributed by atoms with van der Waals surface area (Å²) in [5, 5.41) is 9.45. The van der Waals surface area contributed by atoms with Crippen LogP contribution in [0.25, 0.3) is 0 Å². The van der Waals surface area contributed by atoms with Gasteiger partial charge < -0.3 is 9.67 Å². The molecule has 2 nitrogen and oxygen atoms in total. The van der Waals surface area contributed by atoms with E-state index in [2.05, 4.69) is 0 Å². The topological polar surface area (TPSA) is 25.2 Å². The summed E-state index contributed by atoms with van der Waals surface area (Å²) in [6.45, 7) is 3.98. The van der Waals surface area contributed by atoms with E-state index < -0.39 is 0 Å². The molecule has 10 heavy (non-hydrogen) atoms. The van der Waals surface area contributed by atoms with Crippen molar-refractivity contribution in [1.29, 1.82) is 0 Å². The van der Waals surface area contributed by atoms with Crippen LogP contribution in [0.5, 0.6) is 0 Å². The third kappa shape index (κ3) is 1.39. The van der Waals surface area contributed by atoms with E-state index >= 15 is 0 Å². The molecule has 0 amide bonds. The molecule has 1 heterocycles. The van der Waals surface area contributed by atoms with Crippen molar-refractivity contribution in [3.63, 3.8) is 0 Å². The number of aromatic nitrogens is 1. The molecule has 0 saturated heterocycles. The minimum atomic E-state index is -0.380. The molecule has 56 valence electrons. The highest BCUT2D eigenvalue weighted by Gasteiger charge is 2.08. The molecule has 0 fully saturated rings. The van der Waals surface area contributed by atoms with Crippen LogP contribution in [0, 0.1) is 5.92 Å². The molecule has 0 aliphatic rings. The molecule has 0 aliphatic heterocycles. The molecule has 1 unspecified atom stereocenters. The molecule has 1 aromatic heterocycles. The zero-order chi connectivity index (χ0) is 7.56. The summed E-state index contributed by atoms with van der Waals surface area (Å²) in [6, 6.07) is 3.82. The minimum absolute atomic E-state index is 0.271. The molecule has 0 saturated carbocycles. The van der Waals surface area contributed by atoms with Crippen LogP contribution >= 0.6 is 0 Å². The van der Waals surface area contributed by atoms with Crippen LogP contribution in [0.2, 0.25) is 0 Å². The van der Waals surface area contributed by atoms with Gasteiger partial charge in [-0.25, -0.2) is 0 Å². The zero-order valence-corrected chi connectivity index (χ0v) is 6.36. The summed E-state index contributed by atoms with van der Waals surface area (Å²) in [7, 11) is 0. The Morgan fingerprint density at radius 2 is 1.70 bits per heavy atom. The van der Waals surface area contributed by atoms with Crippen LogP contribution in [0.1, 0.15) is 20.1 Å². The van der Waals surface area contributed by atoms with Crippen molar-refractivity contribution < 1.29 is 5.11 Å². The van der Waals surface area contributed by atoms with Crippen molar-refractivity contribution in [3.05, 3.63) is 24.5 Å². The Hall–Kier alpha value is -0.760. The van der Waals surface area contributed by atoms with Crippen LogP contribution < -0.4 is 0 Å². The van der Waals surface area contributed by atoms with Gasteiger partial charge in [-0.15, -0.1) is 0 Å². The lowest BCUT2D eigenvalue weighted by atomic mass is 10.2. The first kappa shape index (κ1) is 7.35. The summed E-state index contributed by atoms with van der Waals surface area (Å²) in [4.78, 5) is 0. The zero-order valence-electron chi connectivity index (χ0n) is 6.36. The Balaban J connectivity index is 2.68. The van der Waals surface area contributed by atoms with Crippen molar-refractivity contribution >= 4 is 0 Å². The van der Waals surface area contributed by atoms with Crippen molar-refractivity contribution in [2.75, 3.05) is 0 Å². The van der Waals surface area contributed by atoms with Crippen molar-refractivity contribution in [3.8, 4) is 0 Å². The molecule has 0 radical (unpaired) electrons. The molecule has 0 bridgehead atoms. The maximum absolute atomic E-state index is 9.45. The lowest BCUT2D eigenvalue weighted by Crippen LogP contribution is -2.11. The van der Waals surface area contributed by atoms with E-state index in [0.717, 1.165) is 0 Å². The van der Waals surface area contributed by atoms with E-state index in [9.17, 15) is 5.11 Å². The number of hydrogen-bond donors (Lipinski definition) is 1. The number of aliphatic hydroxyl groups excluding tert-OH is 1. The smallest absolute Gasteiger partial charge is 0.132 e. The number of aliphatic hydroxyl groups is 1. The van der Waals surface area contributed by atoms with Crippen molar-refractivity contribution in [2.45, 2.75) is 20.1 Å². The van der Waals surface area contributed by atoms with E-state index in [1.807, 2.05) is 38.4 Å². The fourth-order valence-electron chi connectivity index (χ4n) is 0.868. The lowest BCUT2D eigenvalue weighted by molar-refractivity contribution is 0.0571. The number of rotatable bonds is 2. The fourth-order valence-corrected chi connectivity index (χ4v) is 0.868. The predicted octanol–water partition coefficient (Wildman–Crippen LogP) is 1.64. The molecular formula is C8H13NO. The Labute approximate surface area is 61.1 Å². The second-order valence-electron chi connectivity index (χ2n) is 2.79. The third-order valence-corrected chi connectivity index (χ3v) is 1.53. The first-order valence-corrected chi connectivity index (χ1v) is 3.52. The molecular weight excluding hydrogens is 126 g/mol. The summed E-state index contributed by atoms with van der Waals surface area (Å²) in [6.07, 6.45) is 3.35. The van der Waals surface area contributed by atoms with Gasteiger partial charge in [-0.1, -0.05) is 13.8 Å². The molecule has 0 aromatic carbocycles. The molecule has 2 heteroatoms. The standard InChI is InChI=1S/C8H13NO/c1-7(2)8(10)9-5-3-4-6-9/h3-8,10H,1-2H3. The summed E-state index contributed by atoms with van der Waals surface area (Å²) >= 11 is 0. The third-order valence-electron chi connectivity index (χ3n) is 1.53. The first-order valence-electron chi connectivity index (χ1n) is 3.52. The summed E-state index contributed by atoms with van der Waals surface area (Å²) in [5.41, 5.74) is 0. The van der Waals surface area contributed by atoms with Gasteiger partial charge >= 0.3 is 0 Å². The van der Waals surface area contributed by atoms with E-state index in [1.54, 1.807) is 4.57 Å². The van der Waals surface area contributed by atoms with Crippen molar-refractivity contribution in [2.24, 2.45) is 5.92 Å². The minimum Gasteiger partial charge on any atom is -0.373 e. The second-order valence-corrected chi connectivity index (χ2v) is 2.79. The monoisotopic (exact) mass is 139 g/mol. The predicted molar refractivity (Wildman–Crippen MR) is 40.5 cm³/mol. The molecule has 1 atom stereocenters. The Kier molecular flexibility index (Phi) is 2.12. The van der Waals surface area contributed by atoms with Gasteiger partial charge in [0, 0.05) is 12.4 Å². The van der Waals surface area contributed by atoms with E-state index in [1.165, 1.54) is 0 Å². The van der Waals surface area contributed by atoms with Crippen LogP contribution in [0.3, 0.4) is 0 Å². The highest BCUT2D eigenvalue weighted by Crippen LogP contribution is 2.12. The van der Waals surface area contributed by atoms with Crippen LogP contribution in [0.4, 0.5) is 0 Å². The number of hydrogen-bond acceptors (Lipinski definition) is 1. The number of nitrogens with zero attached hydrogens (tertiary/aromatic N) is 1. The lowest BCUT2D eigenvalue weighted by Gasteiger charge is -2.15. The Morgan fingerprint density at radius 3 is 2.10 bits per heavy atom. The molecule has 1 aromatic rings. The van der Waals surface area contributed by atoms with Crippen LogP contribution in [-0.2, 0) is 0 Å². The average Bonchev–Trinajstić information content (AvgIpc) is 2.36. The Bertz CT molecular complexity index is 179. The molecule has 1 N–H and O–H groups in total. The first-order chi connectivity index (χ1) is 4.72. The summed E-state index contributed by atoms with van der Waals surface area (Å²) in [5.74, 6) is 0.271. The quantitative estimate of drug-likeness (QED) is 0.662. The van der Waals surface area contributed by atoms with Gasteiger partial charge in [0.05, 0.1) is 0 Å². The van der Waals surface area contributed by atoms with E-state index in [0.29, 0.717) is 0 Å². The van der Waals surface area contributed by atoms with Crippen LogP contribution in [0.15, 0.2) is 24.5 Å². The SMILES string of the molecule is CC(C)C(O)n1cccc1. The largest absolute Gasteiger partial charge is 0.373 e. The fraction of sp³-hybridized carbons (Fsp3) is 0.500. The molecule has 1 rings (SSSR count). The van der Waals surface area contributed by atoms with E-state index in [-0.39, 0.29) is 12.1 Å². The maximum atomic E-state index is 9.45. The van der Waals surface area contributed by atoms with Gasteiger partial charge in [-0.2, -0.15) is 0 Å². The van der Waals surface area contributed by atoms with Gasteiger partial charge in [-0.3, -0.25) is 0 Å². The maximum Gasteiger partial charge on any atom is 0.132 e. The highest BCUT2D eigenvalue weighted by molar-refractivity contribution is 4.91. The van der Waals surface area contributed by atoms with Gasteiger partial charge in [0.25, 0.3) is 0 Å². The van der Waals surface area contributed by atoms with E-state index in [4.69, 9.17) is 0 Å². The normalized spacial score (nSPS) is 14.0. The Morgan fingerprint density at radius 1 is 1.20 bits per heavy atom. The average molecular weight is 139 g/mol. The highest BCUT2D eigenvalue weighted by atomic mass is 16.3. The van der Waals surface area contributed by atoms with Crippen LogP contribution in [-0.4, -0.2) is 9.67 Å². The van der Waals surface area contributed by atoms with Gasteiger partial charge in [0.1, 0.15) is 6.23 Å². The van der Waals surface area contributed by atoms with Gasteiger partial charge in [0.15, 0.2) is 0 Å².